The van der Waals surface area contributed by atoms with E-state index in [9.17, 15) is 13.2 Å². The van der Waals surface area contributed by atoms with Gasteiger partial charge >= 0.3 is 0 Å². The lowest BCUT2D eigenvalue weighted by Gasteiger charge is -2.24. The van der Waals surface area contributed by atoms with E-state index in [1.165, 1.54) is 12.7 Å². The van der Waals surface area contributed by atoms with E-state index in [2.05, 4.69) is 38.2 Å². The number of nitrogens with zero attached hydrogens (tertiary/aromatic N) is 1. The molecule has 1 amide bonds. The number of amides is 1. The highest BCUT2D eigenvalue weighted by atomic mass is 32.2. The summed E-state index contributed by atoms with van der Waals surface area (Å²) in [5.41, 5.74) is 2.60. The Morgan fingerprint density at radius 3 is 2.28 bits per heavy atom. The lowest BCUT2D eigenvalue weighted by molar-refractivity contribution is -0.120. The molecule has 0 aliphatic carbocycles. The average molecular weight is 419 g/mol. The van der Waals surface area contributed by atoms with Crippen LogP contribution >= 0.6 is 0 Å². The molecule has 0 saturated carbocycles. The van der Waals surface area contributed by atoms with Crippen LogP contribution in [0.25, 0.3) is 0 Å². The number of carbonyl (C=O) groups is 1. The second kappa shape index (κ2) is 8.86. The number of ether oxygens (including phenoxy) is 1. The molecule has 0 heterocycles. The van der Waals surface area contributed by atoms with Gasteiger partial charge in [0.05, 0.1) is 25.1 Å². The van der Waals surface area contributed by atoms with Crippen molar-refractivity contribution in [1.29, 1.82) is 0 Å². The van der Waals surface area contributed by atoms with Gasteiger partial charge in [-0.3, -0.25) is 9.10 Å². The third-order valence-electron chi connectivity index (χ3n) is 4.68. The van der Waals surface area contributed by atoms with Crippen LogP contribution in [-0.2, 0) is 20.2 Å². The summed E-state index contributed by atoms with van der Waals surface area (Å²) in [6.45, 7) is 8.00. The van der Waals surface area contributed by atoms with E-state index >= 15 is 0 Å². The third-order valence-corrected chi connectivity index (χ3v) is 5.82. The van der Waals surface area contributed by atoms with Crippen molar-refractivity contribution in [2.24, 2.45) is 0 Å². The van der Waals surface area contributed by atoms with Crippen LogP contribution in [0, 0.1) is 0 Å². The molecule has 7 heteroatoms. The Hall–Kier alpha value is -2.54. The summed E-state index contributed by atoms with van der Waals surface area (Å²) < 4.78 is 30.7. The quantitative estimate of drug-likeness (QED) is 0.745. The molecule has 0 spiro atoms. The molecular weight excluding hydrogens is 388 g/mol. The molecule has 0 radical (unpaired) electrons. The van der Waals surface area contributed by atoms with Gasteiger partial charge in [0.25, 0.3) is 0 Å². The number of hydrogen-bond acceptors (Lipinski definition) is 4. The standard InChI is InChI=1S/C22H30N2O4S/c1-16(17-10-12-18(13-11-17)22(2,3)4)23-21(25)15-24(29(6,26)27)19-8-7-9-20(14-19)28-5/h7-14,16H,15H2,1-6H3,(H,23,25)/t16-/m1/s1. The second-order valence-electron chi connectivity index (χ2n) is 8.13. The molecule has 0 bridgehead atoms. The van der Waals surface area contributed by atoms with Gasteiger partial charge in [-0.15, -0.1) is 0 Å². The molecule has 0 unspecified atom stereocenters. The van der Waals surface area contributed by atoms with E-state index in [0.29, 0.717) is 11.4 Å². The van der Waals surface area contributed by atoms with E-state index in [1.807, 2.05) is 19.1 Å². The minimum atomic E-state index is -3.64. The van der Waals surface area contributed by atoms with Crippen LogP contribution in [0.1, 0.15) is 44.9 Å². The summed E-state index contributed by atoms with van der Waals surface area (Å²) in [5, 5.41) is 2.88. The first-order chi connectivity index (χ1) is 13.4. The Bertz CT molecular complexity index is 948. The number of sulfonamides is 1. The zero-order valence-electron chi connectivity index (χ0n) is 17.9. The fourth-order valence-corrected chi connectivity index (χ4v) is 3.79. The van der Waals surface area contributed by atoms with Crippen LogP contribution in [-0.4, -0.2) is 34.2 Å². The number of hydrogen-bond donors (Lipinski definition) is 1. The fraction of sp³-hybridized carbons (Fsp3) is 0.409. The first-order valence-electron chi connectivity index (χ1n) is 9.43. The van der Waals surface area contributed by atoms with Crippen molar-refractivity contribution in [3.05, 3.63) is 59.7 Å². The predicted molar refractivity (Wildman–Crippen MR) is 117 cm³/mol. The van der Waals surface area contributed by atoms with Gasteiger partial charge in [-0.1, -0.05) is 51.1 Å². The largest absolute Gasteiger partial charge is 0.497 e. The highest BCUT2D eigenvalue weighted by Gasteiger charge is 2.22. The minimum Gasteiger partial charge on any atom is -0.497 e. The molecule has 0 saturated heterocycles. The van der Waals surface area contributed by atoms with Crippen molar-refractivity contribution in [2.75, 3.05) is 24.2 Å². The maximum Gasteiger partial charge on any atom is 0.241 e. The fourth-order valence-electron chi connectivity index (χ4n) is 2.94. The smallest absolute Gasteiger partial charge is 0.241 e. The Kier molecular flexibility index (Phi) is 6.95. The molecule has 0 aromatic heterocycles. The first-order valence-corrected chi connectivity index (χ1v) is 11.3. The van der Waals surface area contributed by atoms with Gasteiger partial charge in [-0.05, 0) is 35.6 Å². The molecule has 1 N–H and O–H groups in total. The van der Waals surface area contributed by atoms with E-state index in [1.54, 1.807) is 24.3 Å². The summed E-state index contributed by atoms with van der Waals surface area (Å²) in [7, 11) is -2.14. The van der Waals surface area contributed by atoms with E-state index in [0.717, 1.165) is 16.1 Å². The van der Waals surface area contributed by atoms with Crippen LogP contribution in [0.5, 0.6) is 5.75 Å². The Morgan fingerprint density at radius 2 is 1.76 bits per heavy atom. The molecule has 2 aromatic rings. The van der Waals surface area contributed by atoms with Crippen LogP contribution in [0.15, 0.2) is 48.5 Å². The van der Waals surface area contributed by atoms with Gasteiger partial charge in [0.15, 0.2) is 0 Å². The number of methoxy groups -OCH3 is 1. The van der Waals surface area contributed by atoms with Crippen molar-refractivity contribution >= 4 is 21.6 Å². The van der Waals surface area contributed by atoms with Gasteiger partial charge in [-0.2, -0.15) is 0 Å². The van der Waals surface area contributed by atoms with Gasteiger partial charge < -0.3 is 10.1 Å². The summed E-state index contributed by atoms with van der Waals surface area (Å²) in [4.78, 5) is 12.6. The van der Waals surface area contributed by atoms with Crippen molar-refractivity contribution in [3.8, 4) is 5.75 Å². The highest BCUT2D eigenvalue weighted by molar-refractivity contribution is 7.92. The Balaban J connectivity index is 2.13. The van der Waals surface area contributed by atoms with Gasteiger partial charge in [-0.25, -0.2) is 8.42 Å². The van der Waals surface area contributed by atoms with E-state index < -0.39 is 10.0 Å². The number of rotatable bonds is 7. The van der Waals surface area contributed by atoms with E-state index in [-0.39, 0.29) is 23.9 Å². The number of carbonyl (C=O) groups excluding carboxylic acids is 1. The Labute approximate surface area is 173 Å². The molecule has 0 aliphatic heterocycles. The molecule has 29 heavy (non-hydrogen) atoms. The van der Waals surface area contributed by atoms with Crippen LogP contribution in [0.4, 0.5) is 5.69 Å². The molecule has 0 fully saturated rings. The highest BCUT2D eigenvalue weighted by Crippen LogP contribution is 2.25. The van der Waals surface area contributed by atoms with E-state index in [4.69, 9.17) is 4.74 Å². The number of anilines is 1. The summed E-state index contributed by atoms with van der Waals surface area (Å²) in [6, 6.07) is 14.5. The maximum atomic E-state index is 12.6. The number of benzene rings is 2. The minimum absolute atomic E-state index is 0.0533. The zero-order chi connectivity index (χ0) is 21.8. The predicted octanol–water partition coefficient (Wildman–Crippen LogP) is 3.64. The topological polar surface area (TPSA) is 75.7 Å². The molecule has 158 valence electrons. The average Bonchev–Trinajstić information content (AvgIpc) is 2.64. The normalized spacial score (nSPS) is 12.9. The van der Waals surface area contributed by atoms with Crippen LogP contribution in [0.3, 0.4) is 0 Å². The zero-order valence-corrected chi connectivity index (χ0v) is 18.7. The lowest BCUT2D eigenvalue weighted by Crippen LogP contribution is -2.41. The van der Waals surface area contributed by atoms with Gasteiger partial charge in [0.2, 0.25) is 15.9 Å². The molecular formula is C22H30N2O4S. The van der Waals surface area contributed by atoms with Crippen molar-refractivity contribution in [1.82, 2.24) is 5.32 Å². The van der Waals surface area contributed by atoms with Crippen LogP contribution in [0.2, 0.25) is 0 Å². The first kappa shape index (κ1) is 22.7. The second-order valence-corrected chi connectivity index (χ2v) is 10.0. The van der Waals surface area contributed by atoms with Gasteiger partial charge in [0.1, 0.15) is 12.3 Å². The molecule has 0 aliphatic rings. The van der Waals surface area contributed by atoms with Crippen molar-refractivity contribution in [3.63, 3.8) is 0 Å². The molecule has 2 aromatic carbocycles. The number of nitrogens with one attached hydrogen (secondary N) is 1. The van der Waals surface area contributed by atoms with Crippen molar-refractivity contribution in [2.45, 2.75) is 39.2 Å². The lowest BCUT2D eigenvalue weighted by atomic mass is 9.86. The summed E-state index contributed by atoms with van der Waals surface area (Å²) in [5.74, 6) is 0.134. The molecule has 6 nitrogen and oxygen atoms in total. The maximum absolute atomic E-state index is 12.6. The van der Waals surface area contributed by atoms with Crippen molar-refractivity contribution < 1.29 is 17.9 Å². The van der Waals surface area contributed by atoms with Crippen LogP contribution < -0.4 is 14.4 Å². The Morgan fingerprint density at radius 1 is 1.14 bits per heavy atom. The van der Waals surface area contributed by atoms with Gasteiger partial charge in [0, 0.05) is 6.07 Å². The SMILES string of the molecule is COc1cccc(N(CC(=O)N[C@H](C)c2ccc(C(C)(C)C)cc2)S(C)(=O)=O)c1. The summed E-state index contributed by atoms with van der Waals surface area (Å²) in [6.07, 6.45) is 1.08. The molecule has 2 rings (SSSR count). The molecule has 1 atom stereocenters. The monoisotopic (exact) mass is 418 g/mol. The summed E-state index contributed by atoms with van der Waals surface area (Å²) >= 11 is 0. The third kappa shape index (κ3) is 6.22.